The fourth-order valence-corrected chi connectivity index (χ4v) is 6.08. The second-order valence-electron chi connectivity index (χ2n) is 11.1. The molecule has 0 fully saturated rings. The third-order valence-electron chi connectivity index (χ3n) is 8.29. The van der Waals surface area contributed by atoms with Crippen molar-refractivity contribution >= 4 is 43.7 Å². The van der Waals surface area contributed by atoms with Crippen LogP contribution in [0.4, 0.5) is 0 Å². The van der Waals surface area contributed by atoms with Gasteiger partial charge in [-0.3, -0.25) is 0 Å². The van der Waals surface area contributed by atoms with E-state index in [-0.39, 0.29) is 0 Å². The molecule has 0 unspecified atom stereocenters. The molecule has 0 N–H and O–H groups in total. The number of para-hydroxylation sites is 1. The van der Waals surface area contributed by atoms with E-state index < -0.39 is 0 Å². The van der Waals surface area contributed by atoms with Crippen LogP contribution in [0.5, 0.6) is 0 Å². The van der Waals surface area contributed by atoms with Crippen LogP contribution in [-0.4, -0.2) is 19.9 Å². The van der Waals surface area contributed by atoms with E-state index >= 15 is 0 Å². The minimum absolute atomic E-state index is 0.575. The van der Waals surface area contributed by atoms with Gasteiger partial charge in [0.2, 0.25) is 5.71 Å². The molecule has 0 aliphatic rings. The predicted molar refractivity (Wildman–Crippen MR) is 182 cm³/mol. The van der Waals surface area contributed by atoms with E-state index in [9.17, 15) is 0 Å². The van der Waals surface area contributed by atoms with Gasteiger partial charge in [0.15, 0.2) is 17.5 Å². The van der Waals surface area contributed by atoms with Crippen molar-refractivity contribution in [3.8, 4) is 45.3 Å². The van der Waals surface area contributed by atoms with Crippen molar-refractivity contribution in [1.82, 2.24) is 19.9 Å². The van der Waals surface area contributed by atoms with Gasteiger partial charge in [0.05, 0.1) is 5.52 Å². The molecule has 0 saturated carbocycles. The Morgan fingerprint density at radius 3 is 1.84 bits per heavy atom. The minimum Gasteiger partial charge on any atom is -0.438 e. The lowest BCUT2D eigenvalue weighted by Crippen LogP contribution is -2.00. The number of hydrogen-bond donors (Lipinski definition) is 0. The van der Waals surface area contributed by atoms with Gasteiger partial charge >= 0.3 is 0 Å². The molecule has 3 heterocycles. The Balaban J connectivity index is 1.36. The molecule has 210 valence electrons. The summed E-state index contributed by atoms with van der Waals surface area (Å²) in [4.78, 5) is 20.2. The molecule has 5 nitrogen and oxygen atoms in total. The van der Waals surface area contributed by atoms with Crippen LogP contribution >= 0.6 is 0 Å². The first-order chi connectivity index (χ1) is 22.3. The minimum atomic E-state index is 0.575. The van der Waals surface area contributed by atoms with E-state index in [1.807, 2.05) is 72.8 Å². The number of fused-ring (bicyclic) bond motifs is 5. The average Bonchev–Trinajstić information content (AvgIpc) is 3.47. The number of pyridine rings is 1. The second kappa shape index (κ2) is 10.2. The van der Waals surface area contributed by atoms with Crippen molar-refractivity contribution in [3.05, 3.63) is 146 Å². The van der Waals surface area contributed by atoms with Crippen molar-refractivity contribution in [2.24, 2.45) is 0 Å². The Morgan fingerprint density at radius 1 is 0.400 bits per heavy atom. The topological polar surface area (TPSA) is 64.7 Å². The van der Waals surface area contributed by atoms with Crippen LogP contribution in [0.1, 0.15) is 0 Å². The molecular weight excluding hydrogens is 552 g/mol. The van der Waals surface area contributed by atoms with E-state index in [4.69, 9.17) is 24.4 Å². The summed E-state index contributed by atoms with van der Waals surface area (Å²) in [5, 5.41) is 5.19. The number of nitrogens with zero attached hydrogens (tertiary/aromatic N) is 4. The summed E-state index contributed by atoms with van der Waals surface area (Å²) in [7, 11) is 0. The summed E-state index contributed by atoms with van der Waals surface area (Å²) in [5.74, 6) is 1.79. The number of benzene rings is 6. The first kappa shape index (κ1) is 25.3. The van der Waals surface area contributed by atoms with Crippen LogP contribution in [0.2, 0.25) is 0 Å². The average molecular weight is 577 g/mol. The fraction of sp³-hybridized carbons (Fsp3) is 0. The first-order valence-corrected chi connectivity index (χ1v) is 14.9. The van der Waals surface area contributed by atoms with Gasteiger partial charge in [-0.2, -0.15) is 0 Å². The predicted octanol–water partition coefficient (Wildman–Crippen LogP) is 10.1. The molecule has 9 aromatic rings. The molecule has 3 aromatic heterocycles. The lowest BCUT2D eigenvalue weighted by molar-refractivity contribution is 0.656. The molecule has 45 heavy (non-hydrogen) atoms. The molecule has 0 saturated heterocycles. The van der Waals surface area contributed by atoms with Crippen LogP contribution in [0.3, 0.4) is 0 Å². The van der Waals surface area contributed by atoms with Crippen molar-refractivity contribution in [3.63, 3.8) is 0 Å². The van der Waals surface area contributed by atoms with Crippen molar-refractivity contribution in [1.29, 1.82) is 0 Å². The standard InChI is InChI=1S/C40H24N4O/c1-3-11-25(12-4-1)31-23-32(36-33-22-29-17-9-10-18-34(29)41-40(33)45-35(36)24-31)39-43-37(27-14-5-2-6-15-27)42-38(44-39)30-20-19-26-13-7-8-16-28(26)21-30/h1-24H. The van der Waals surface area contributed by atoms with Gasteiger partial charge in [0.1, 0.15) is 5.58 Å². The summed E-state index contributed by atoms with van der Waals surface area (Å²) in [6, 6.07) is 49.5. The Morgan fingerprint density at radius 2 is 1.04 bits per heavy atom. The van der Waals surface area contributed by atoms with Gasteiger partial charge in [0, 0.05) is 32.8 Å². The Hall–Kier alpha value is -6.20. The van der Waals surface area contributed by atoms with Gasteiger partial charge in [-0.25, -0.2) is 19.9 Å². The molecule has 9 rings (SSSR count). The maximum atomic E-state index is 6.48. The highest BCUT2D eigenvalue weighted by Crippen LogP contribution is 2.40. The first-order valence-electron chi connectivity index (χ1n) is 14.9. The zero-order chi connectivity index (χ0) is 29.7. The van der Waals surface area contributed by atoms with Crippen LogP contribution < -0.4 is 0 Å². The molecule has 0 radical (unpaired) electrons. The Bertz CT molecular complexity index is 2540. The van der Waals surface area contributed by atoms with Crippen molar-refractivity contribution in [2.75, 3.05) is 0 Å². The second-order valence-corrected chi connectivity index (χ2v) is 11.1. The maximum absolute atomic E-state index is 6.48. The Kier molecular flexibility index (Phi) is 5.74. The van der Waals surface area contributed by atoms with Gasteiger partial charge in [-0.05, 0) is 52.2 Å². The van der Waals surface area contributed by atoms with Crippen molar-refractivity contribution in [2.45, 2.75) is 0 Å². The van der Waals surface area contributed by atoms with E-state index in [0.717, 1.165) is 60.5 Å². The van der Waals surface area contributed by atoms with Crippen molar-refractivity contribution < 1.29 is 4.42 Å². The van der Waals surface area contributed by atoms with E-state index in [1.165, 1.54) is 5.39 Å². The number of rotatable bonds is 4. The van der Waals surface area contributed by atoms with Crippen LogP contribution in [0, 0.1) is 0 Å². The van der Waals surface area contributed by atoms with E-state index in [1.54, 1.807) is 0 Å². The molecule has 0 amide bonds. The Labute approximate surface area is 258 Å². The van der Waals surface area contributed by atoms with E-state index in [0.29, 0.717) is 23.2 Å². The van der Waals surface area contributed by atoms with Crippen LogP contribution in [0.15, 0.2) is 150 Å². The summed E-state index contributed by atoms with van der Waals surface area (Å²) in [6.45, 7) is 0. The number of aromatic nitrogens is 4. The lowest BCUT2D eigenvalue weighted by Gasteiger charge is -2.11. The molecule has 5 heteroatoms. The molecule has 0 atom stereocenters. The molecule has 0 aliphatic heterocycles. The van der Waals surface area contributed by atoms with Gasteiger partial charge in [-0.1, -0.05) is 115 Å². The molecule has 6 aromatic carbocycles. The smallest absolute Gasteiger partial charge is 0.227 e. The van der Waals surface area contributed by atoms with Gasteiger partial charge in [0.25, 0.3) is 0 Å². The van der Waals surface area contributed by atoms with Crippen LogP contribution in [0.25, 0.3) is 89.0 Å². The highest BCUT2D eigenvalue weighted by molar-refractivity contribution is 6.14. The number of hydrogen-bond acceptors (Lipinski definition) is 5. The lowest BCUT2D eigenvalue weighted by atomic mass is 9.98. The monoisotopic (exact) mass is 576 g/mol. The number of furan rings is 1. The maximum Gasteiger partial charge on any atom is 0.227 e. The molecule has 0 bridgehead atoms. The third-order valence-corrected chi connectivity index (χ3v) is 8.29. The molecular formula is C40H24N4O. The van der Waals surface area contributed by atoms with Gasteiger partial charge < -0.3 is 4.42 Å². The summed E-state index contributed by atoms with van der Waals surface area (Å²) >= 11 is 0. The SMILES string of the molecule is c1ccc(-c2cc(-c3nc(-c4ccccc4)nc(-c4ccc5ccccc5c4)n3)c3c(c2)oc2nc4ccccc4cc23)cc1. The van der Waals surface area contributed by atoms with Gasteiger partial charge in [-0.15, -0.1) is 0 Å². The summed E-state index contributed by atoms with van der Waals surface area (Å²) in [6.07, 6.45) is 0. The normalized spacial score (nSPS) is 11.6. The van der Waals surface area contributed by atoms with E-state index in [2.05, 4.69) is 72.8 Å². The summed E-state index contributed by atoms with van der Waals surface area (Å²) < 4.78 is 6.48. The molecule has 0 spiro atoms. The highest BCUT2D eigenvalue weighted by atomic mass is 16.3. The largest absolute Gasteiger partial charge is 0.438 e. The summed E-state index contributed by atoms with van der Waals surface area (Å²) in [5.41, 5.74) is 7.00. The zero-order valence-corrected chi connectivity index (χ0v) is 24.1. The highest BCUT2D eigenvalue weighted by Gasteiger charge is 2.21. The quantitative estimate of drug-likeness (QED) is 0.209. The zero-order valence-electron chi connectivity index (χ0n) is 24.1. The third kappa shape index (κ3) is 4.41. The molecule has 0 aliphatic carbocycles. The van der Waals surface area contributed by atoms with Crippen LogP contribution in [-0.2, 0) is 0 Å². The fourth-order valence-electron chi connectivity index (χ4n) is 6.08.